The van der Waals surface area contributed by atoms with E-state index in [0.717, 1.165) is 37.5 Å². The third-order valence-corrected chi connectivity index (χ3v) is 3.78. The minimum Gasteiger partial charge on any atom is -0.356 e. The summed E-state index contributed by atoms with van der Waals surface area (Å²) in [5.74, 6) is 0.823. The first-order valence-corrected chi connectivity index (χ1v) is 8.40. The first-order chi connectivity index (χ1) is 11.7. The number of rotatable bonds is 7. The smallest absolute Gasteiger partial charge is 0.250 e. The van der Waals surface area contributed by atoms with Crippen molar-refractivity contribution in [3.05, 3.63) is 70.1 Å². The zero-order valence-electron chi connectivity index (χ0n) is 14.9. The van der Waals surface area contributed by atoms with E-state index >= 15 is 0 Å². The van der Waals surface area contributed by atoms with Crippen molar-refractivity contribution in [2.24, 2.45) is 4.99 Å². The van der Waals surface area contributed by atoms with Gasteiger partial charge in [-0.1, -0.05) is 43.7 Å². The molecule has 0 radical (unpaired) electrons. The number of halogens is 1. The standard InChI is InChI=1S/C19H26N4O.HI/c1-3-4-12-21-19(20-2)22-14-16-8-10-17(11-9-16)15-23-13-6-5-7-18(23)24;/h5-11,13H,3-4,12,14-15H2,1-2H3,(H2,20,21,22);1H. The van der Waals surface area contributed by atoms with Crippen LogP contribution in [0.3, 0.4) is 0 Å². The van der Waals surface area contributed by atoms with Gasteiger partial charge in [0.2, 0.25) is 0 Å². The van der Waals surface area contributed by atoms with Crippen LogP contribution in [0, 0.1) is 0 Å². The van der Waals surface area contributed by atoms with Gasteiger partial charge in [0, 0.05) is 32.4 Å². The van der Waals surface area contributed by atoms with Crippen LogP contribution in [-0.4, -0.2) is 24.1 Å². The highest BCUT2D eigenvalue weighted by molar-refractivity contribution is 14.0. The highest BCUT2D eigenvalue weighted by Gasteiger charge is 2.00. The van der Waals surface area contributed by atoms with E-state index in [-0.39, 0.29) is 29.5 Å². The summed E-state index contributed by atoms with van der Waals surface area (Å²) in [6, 6.07) is 13.5. The fourth-order valence-electron chi connectivity index (χ4n) is 2.34. The maximum absolute atomic E-state index is 11.7. The Bertz CT molecular complexity index is 710. The summed E-state index contributed by atoms with van der Waals surface area (Å²) in [5.41, 5.74) is 2.31. The number of aliphatic imine (C=N–C) groups is 1. The van der Waals surface area contributed by atoms with E-state index in [1.54, 1.807) is 23.7 Å². The normalized spacial score (nSPS) is 10.9. The zero-order valence-corrected chi connectivity index (χ0v) is 17.2. The zero-order chi connectivity index (χ0) is 17.2. The first kappa shape index (κ1) is 21.2. The molecule has 0 aliphatic heterocycles. The number of nitrogens with zero attached hydrogens (tertiary/aromatic N) is 2. The van der Waals surface area contributed by atoms with Crippen LogP contribution in [-0.2, 0) is 13.1 Å². The van der Waals surface area contributed by atoms with Gasteiger partial charge in [-0.3, -0.25) is 9.79 Å². The van der Waals surface area contributed by atoms with Crippen molar-refractivity contribution < 1.29 is 0 Å². The predicted octanol–water partition coefficient (Wildman–Crippen LogP) is 2.98. The van der Waals surface area contributed by atoms with Crippen LogP contribution in [0.2, 0.25) is 0 Å². The van der Waals surface area contributed by atoms with Gasteiger partial charge >= 0.3 is 0 Å². The van der Waals surface area contributed by atoms with Crippen molar-refractivity contribution in [2.75, 3.05) is 13.6 Å². The van der Waals surface area contributed by atoms with E-state index in [1.807, 2.05) is 12.3 Å². The Balaban J connectivity index is 0.00000312. The molecule has 2 aromatic rings. The number of hydrogen-bond acceptors (Lipinski definition) is 2. The molecule has 1 aromatic carbocycles. The molecule has 0 aliphatic rings. The van der Waals surface area contributed by atoms with Crippen molar-refractivity contribution in [3.8, 4) is 0 Å². The molecule has 0 spiro atoms. The summed E-state index contributed by atoms with van der Waals surface area (Å²) in [6.07, 6.45) is 4.11. The summed E-state index contributed by atoms with van der Waals surface area (Å²) >= 11 is 0. The molecule has 0 saturated carbocycles. The topological polar surface area (TPSA) is 58.4 Å². The Kier molecular flexibility index (Phi) is 9.91. The number of pyridine rings is 1. The summed E-state index contributed by atoms with van der Waals surface area (Å²) in [6.45, 7) is 4.41. The fourth-order valence-corrected chi connectivity index (χ4v) is 2.34. The van der Waals surface area contributed by atoms with Gasteiger partial charge in [-0.25, -0.2) is 0 Å². The van der Waals surface area contributed by atoms with Crippen molar-refractivity contribution in [1.82, 2.24) is 15.2 Å². The van der Waals surface area contributed by atoms with Crippen LogP contribution < -0.4 is 16.2 Å². The lowest BCUT2D eigenvalue weighted by molar-refractivity contribution is 0.728. The Hall–Kier alpha value is -1.83. The Morgan fingerprint density at radius 1 is 1.08 bits per heavy atom. The van der Waals surface area contributed by atoms with E-state index in [9.17, 15) is 4.79 Å². The van der Waals surface area contributed by atoms with Gasteiger partial charge in [0.25, 0.3) is 5.56 Å². The summed E-state index contributed by atoms with van der Waals surface area (Å²) in [5, 5.41) is 6.60. The fraction of sp³-hybridized carbons (Fsp3) is 0.368. The molecule has 1 aromatic heterocycles. The average molecular weight is 454 g/mol. The monoisotopic (exact) mass is 454 g/mol. The van der Waals surface area contributed by atoms with Crippen molar-refractivity contribution in [2.45, 2.75) is 32.9 Å². The minimum absolute atomic E-state index is 0. The molecule has 5 nitrogen and oxygen atoms in total. The highest BCUT2D eigenvalue weighted by Crippen LogP contribution is 2.05. The lowest BCUT2D eigenvalue weighted by Crippen LogP contribution is -2.37. The largest absolute Gasteiger partial charge is 0.356 e. The maximum Gasteiger partial charge on any atom is 0.250 e. The molecule has 0 atom stereocenters. The Morgan fingerprint density at radius 3 is 2.44 bits per heavy atom. The van der Waals surface area contributed by atoms with E-state index in [2.05, 4.69) is 46.8 Å². The van der Waals surface area contributed by atoms with E-state index in [1.165, 1.54) is 5.56 Å². The lowest BCUT2D eigenvalue weighted by atomic mass is 10.1. The number of benzene rings is 1. The molecular weight excluding hydrogens is 427 g/mol. The SMILES string of the molecule is CCCCNC(=NC)NCc1ccc(Cn2ccccc2=O)cc1.I. The molecule has 0 bridgehead atoms. The molecule has 0 unspecified atom stereocenters. The first-order valence-electron chi connectivity index (χ1n) is 8.40. The Labute approximate surface area is 166 Å². The van der Waals surface area contributed by atoms with Crippen molar-refractivity contribution in [3.63, 3.8) is 0 Å². The predicted molar refractivity (Wildman–Crippen MR) is 115 cm³/mol. The minimum atomic E-state index is 0. The van der Waals surface area contributed by atoms with Crippen LogP contribution in [0.25, 0.3) is 0 Å². The van der Waals surface area contributed by atoms with E-state index < -0.39 is 0 Å². The second-order valence-corrected chi connectivity index (χ2v) is 5.69. The van der Waals surface area contributed by atoms with Crippen molar-refractivity contribution >= 4 is 29.9 Å². The van der Waals surface area contributed by atoms with Gasteiger partial charge in [0.15, 0.2) is 5.96 Å². The number of unbranched alkanes of at least 4 members (excludes halogenated alkanes) is 1. The van der Waals surface area contributed by atoms with Gasteiger partial charge in [-0.05, 0) is 23.6 Å². The number of aromatic nitrogens is 1. The van der Waals surface area contributed by atoms with E-state index in [4.69, 9.17) is 0 Å². The van der Waals surface area contributed by atoms with E-state index in [0.29, 0.717) is 6.54 Å². The molecule has 0 fully saturated rings. The van der Waals surface area contributed by atoms with Gasteiger partial charge in [0.05, 0.1) is 6.54 Å². The van der Waals surface area contributed by atoms with Crippen LogP contribution in [0.4, 0.5) is 0 Å². The summed E-state index contributed by atoms with van der Waals surface area (Å²) in [7, 11) is 1.78. The average Bonchev–Trinajstić information content (AvgIpc) is 2.61. The van der Waals surface area contributed by atoms with Gasteiger partial charge in [0.1, 0.15) is 0 Å². The maximum atomic E-state index is 11.7. The third kappa shape index (κ3) is 7.29. The molecule has 0 saturated heterocycles. The van der Waals surface area contributed by atoms with Crippen LogP contribution >= 0.6 is 24.0 Å². The van der Waals surface area contributed by atoms with Gasteiger partial charge in [-0.2, -0.15) is 0 Å². The second kappa shape index (κ2) is 11.7. The molecule has 2 rings (SSSR count). The summed E-state index contributed by atoms with van der Waals surface area (Å²) in [4.78, 5) is 16.0. The quantitative estimate of drug-likeness (QED) is 0.293. The van der Waals surface area contributed by atoms with Gasteiger partial charge < -0.3 is 15.2 Å². The third-order valence-electron chi connectivity index (χ3n) is 3.78. The molecule has 0 amide bonds. The Morgan fingerprint density at radius 2 is 1.80 bits per heavy atom. The second-order valence-electron chi connectivity index (χ2n) is 5.69. The van der Waals surface area contributed by atoms with Gasteiger partial charge in [-0.15, -0.1) is 24.0 Å². The van der Waals surface area contributed by atoms with Crippen LogP contribution in [0.15, 0.2) is 58.4 Å². The molecule has 136 valence electrons. The molecule has 1 heterocycles. The van der Waals surface area contributed by atoms with Crippen LogP contribution in [0.5, 0.6) is 0 Å². The highest BCUT2D eigenvalue weighted by atomic mass is 127. The van der Waals surface area contributed by atoms with Crippen LogP contribution in [0.1, 0.15) is 30.9 Å². The van der Waals surface area contributed by atoms with Crippen molar-refractivity contribution in [1.29, 1.82) is 0 Å². The molecule has 2 N–H and O–H groups in total. The molecule has 0 aliphatic carbocycles. The number of guanidine groups is 1. The molecular formula is C19H27IN4O. The lowest BCUT2D eigenvalue weighted by Gasteiger charge is -2.12. The summed E-state index contributed by atoms with van der Waals surface area (Å²) < 4.78 is 1.70. The molecule has 25 heavy (non-hydrogen) atoms. The molecule has 6 heteroatoms. The number of hydrogen-bond donors (Lipinski definition) is 2. The number of nitrogens with one attached hydrogen (secondary N) is 2.